The highest BCUT2D eigenvalue weighted by molar-refractivity contribution is 7.47. The third kappa shape index (κ3) is 12.6. The number of imidazole rings is 1. The van der Waals surface area contributed by atoms with Crippen molar-refractivity contribution in [3.8, 4) is 0 Å². The summed E-state index contributed by atoms with van der Waals surface area (Å²) >= 11 is 0. The maximum atomic E-state index is 14.3. The molecule has 29 nitrogen and oxygen atoms in total. The monoisotopic (exact) mass is 1250 g/mol. The van der Waals surface area contributed by atoms with Crippen molar-refractivity contribution in [3.63, 3.8) is 0 Å². The molecule has 0 spiro atoms. The lowest BCUT2D eigenvalue weighted by Gasteiger charge is -2.48. The summed E-state index contributed by atoms with van der Waals surface area (Å²) in [7, 11) is -5.08. The number of nitrogens with two attached hydrogens (primary N) is 6. The summed E-state index contributed by atoms with van der Waals surface area (Å²) in [5, 5.41) is 27.9. The van der Waals surface area contributed by atoms with E-state index in [1.165, 1.54) is 30.3 Å². The Morgan fingerprint density at radius 3 is 2.06 bits per heavy atom. The number of primary amides is 6. The fourth-order valence-corrected chi connectivity index (χ4v) is 16.1. The first-order chi connectivity index (χ1) is 41.0. The van der Waals surface area contributed by atoms with Crippen molar-refractivity contribution in [1.29, 1.82) is 0 Å². The third-order valence-corrected chi connectivity index (χ3v) is 20.8. The van der Waals surface area contributed by atoms with Crippen molar-refractivity contribution in [3.05, 3.63) is 53.2 Å². The van der Waals surface area contributed by atoms with E-state index < -0.39 is 143 Å². The average molecular weight is 1250 g/mol. The standard InChI is InChI=1S/C58H84N15O14P/c1-27(86-88(83,84)87-48-36(24-74)85-53(47(48)82)73-26-68-52-35(73)23-65-25-67-52)22-66-44(81)16-17-55(6)33(18-41(62)78)51-58(9)57(8,21-43(64)80)32(12-15-40(61)77)46(72-58)29(3)50-56(7,20-42(63)79)30(10-13-38(59)75)34(69-50)19-37-54(4,5)31(11-14-39(60)76)45(70-37)28(2)49(55)71-51/h19,23,25-27,30-33,36,47-48,51,53,69,74,82H,10-18,20-22,24H2,1-9H3,(H2,59,75)(H2,60,76)(H2,61,77)(H2,62,78)(H2,63,79)(H2,64,80)(H,66,81)(H,83,84)/b34-19?,45-28-,50-29-/t27-,30+,31+,32+,33-,36+,47+,48+,51+,53-,55+,56-,57-,58-/m0/s1. The molecule has 480 valence electrons. The number of rotatable bonds is 26. The summed E-state index contributed by atoms with van der Waals surface area (Å²) in [6, 6.07) is -1.04. The van der Waals surface area contributed by atoms with Gasteiger partial charge in [0.2, 0.25) is 41.4 Å². The van der Waals surface area contributed by atoms with Crippen LogP contribution in [-0.2, 0) is 51.9 Å². The van der Waals surface area contributed by atoms with Crippen molar-refractivity contribution in [1.82, 2.24) is 30.2 Å². The van der Waals surface area contributed by atoms with Gasteiger partial charge in [0, 0.05) is 131 Å². The van der Waals surface area contributed by atoms with Crippen LogP contribution in [0.15, 0.2) is 68.1 Å². The summed E-state index contributed by atoms with van der Waals surface area (Å²) in [5.41, 5.74) is 34.7. The molecule has 15 atom stereocenters. The van der Waals surface area contributed by atoms with Gasteiger partial charge in [0.05, 0.1) is 36.8 Å². The average Bonchev–Trinajstić information content (AvgIpc) is 1.53. The predicted octanol–water partition coefficient (Wildman–Crippen LogP) is 1.34. The molecule has 2 saturated heterocycles. The second-order valence-corrected chi connectivity index (χ2v) is 27.2. The van der Waals surface area contributed by atoms with E-state index in [9.17, 15) is 53.2 Å². The van der Waals surface area contributed by atoms with E-state index in [0.717, 1.165) is 0 Å². The molecule has 0 aromatic carbocycles. The van der Waals surface area contributed by atoms with Crippen LogP contribution in [0.5, 0.6) is 0 Å². The van der Waals surface area contributed by atoms with Crippen LogP contribution in [0.1, 0.15) is 139 Å². The van der Waals surface area contributed by atoms with Crippen molar-refractivity contribution >= 4 is 77.5 Å². The van der Waals surface area contributed by atoms with Crippen molar-refractivity contribution in [2.75, 3.05) is 13.2 Å². The van der Waals surface area contributed by atoms with E-state index in [1.807, 2.05) is 61.5 Å². The molecule has 0 aliphatic carbocycles. The number of aliphatic hydroxyl groups excluding tert-OH is 2. The van der Waals surface area contributed by atoms with Crippen LogP contribution in [0.25, 0.3) is 11.2 Å². The Bertz CT molecular complexity index is 3430. The Hall–Kier alpha value is -7.14. The lowest BCUT2D eigenvalue weighted by atomic mass is 9.55. The molecule has 88 heavy (non-hydrogen) atoms. The van der Waals surface area contributed by atoms with Crippen molar-refractivity contribution in [2.45, 2.75) is 175 Å². The van der Waals surface area contributed by atoms with Gasteiger partial charge in [-0.2, -0.15) is 0 Å². The van der Waals surface area contributed by atoms with Gasteiger partial charge in [-0.25, -0.2) is 19.5 Å². The molecule has 0 saturated carbocycles. The molecular formula is C58H84N15O14P. The highest BCUT2D eigenvalue weighted by Crippen LogP contribution is 2.62. The van der Waals surface area contributed by atoms with Gasteiger partial charge in [0.1, 0.15) is 30.2 Å². The molecule has 0 radical (unpaired) electrons. The number of phosphoric ester groups is 1. The van der Waals surface area contributed by atoms with Gasteiger partial charge in [-0.15, -0.1) is 0 Å². The Morgan fingerprint density at radius 2 is 1.45 bits per heavy atom. The lowest BCUT2D eigenvalue weighted by molar-refractivity contribution is -0.124. The minimum atomic E-state index is -5.08. The number of nitrogens with one attached hydrogen (secondary N) is 2. The number of aliphatic hydroxyl groups is 2. The third-order valence-electron chi connectivity index (χ3n) is 19.7. The van der Waals surface area contributed by atoms with E-state index in [4.69, 9.17) is 63.2 Å². The predicted molar refractivity (Wildman–Crippen MR) is 320 cm³/mol. The second kappa shape index (κ2) is 25.0. The molecule has 2 aromatic heterocycles. The van der Waals surface area contributed by atoms with E-state index in [0.29, 0.717) is 50.9 Å². The number of allylic oxidation sites excluding steroid dienone is 6. The van der Waals surface area contributed by atoms with Gasteiger partial charge in [-0.3, -0.25) is 62.2 Å². The molecule has 17 N–H and O–H groups in total. The van der Waals surface area contributed by atoms with Gasteiger partial charge in [-0.05, 0) is 70.6 Å². The van der Waals surface area contributed by atoms with E-state index in [2.05, 4.69) is 25.6 Å². The number of carbonyl (C=O) groups is 7. The Labute approximate surface area is 509 Å². The number of amides is 7. The number of hydrogen-bond donors (Lipinski definition) is 11. The second-order valence-electron chi connectivity index (χ2n) is 25.9. The molecule has 7 amide bonds. The number of ether oxygens (including phenoxy) is 1. The number of aliphatic imine (C=N–C) groups is 3. The number of phosphoric acid groups is 1. The summed E-state index contributed by atoms with van der Waals surface area (Å²) in [6.07, 6.45) is -1.93. The topological polar surface area (TPSA) is 486 Å². The molecule has 30 heteroatoms. The summed E-state index contributed by atoms with van der Waals surface area (Å²) in [5.74, 6) is -7.23. The van der Waals surface area contributed by atoms with Gasteiger partial charge in [0.15, 0.2) is 11.9 Å². The van der Waals surface area contributed by atoms with Gasteiger partial charge in [-0.1, -0.05) is 34.6 Å². The zero-order valence-electron chi connectivity index (χ0n) is 51.1. The first kappa shape index (κ1) is 66.8. The lowest BCUT2D eigenvalue weighted by Crippen LogP contribution is -2.56. The van der Waals surface area contributed by atoms with Gasteiger partial charge >= 0.3 is 7.82 Å². The first-order valence-electron chi connectivity index (χ1n) is 29.4. The largest absolute Gasteiger partial charge is 0.472 e. The minimum absolute atomic E-state index is 0.0184. The van der Waals surface area contributed by atoms with E-state index in [-0.39, 0.29) is 82.8 Å². The molecule has 6 aliphatic heterocycles. The number of nitrogens with zero attached hydrogens (tertiary/aromatic N) is 7. The highest BCUT2D eigenvalue weighted by Gasteiger charge is 2.66. The molecule has 8 heterocycles. The van der Waals surface area contributed by atoms with Crippen LogP contribution in [-0.4, -0.2) is 142 Å². The number of fused-ring (bicyclic) bond motifs is 7. The smallest absolute Gasteiger partial charge is 0.394 e. The van der Waals surface area contributed by atoms with Crippen LogP contribution in [0, 0.1) is 45.3 Å². The Morgan fingerprint density at radius 1 is 0.830 bits per heavy atom. The fourth-order valence-electron chi connectivity index (χ4n) is 14.9. The number of aromatic nitrogens is 4. The molecule has 1 unspecified atom stereocenters. The van der Waals surface area contributed by atoms with Gasteiger partial charge < -0.3 is 64.9 Å². The van der Waals surface area contributed by atoms with Crippen LogP contribution in [0.2, 0.25) is 0 Å². The first-order valence-corrected chi connectivity index (χ1v) is 30.9. The molecular weight excluding hydrogens is 1160 g/mol. The zero-order chi connectivity index (χ0) is 65.0. The van der Waals surface area contributed by atoms with E-state index >= 15 is 0 Å². The molecule has 8 bridgehead atoms. The van der Waals surface area contributed by atoms with Crippen LogP contribution < -0.4 is 45.0 Å². The van der Waals surface area contributed by atoms with Crippen molar-refractivity contribution in [2.24, 2.45) is 94.7 Å². The van der Waals surface area contributed by atoms with Crippen LogP contribution in [0.4, 0.5) is 0 Å². The summed E-state index contributed by atoms with van der Waals surface area (Å²) < 4.78 is 31.8. The fraction of sp³-hybridized carbons (Fsp3) is 0.638. The number of hydrogen-bond acceptors (Lipinski definition) is 20. The minimum Gasteiger partial charge on any atom is -0.394 e. The SMILES string of the molecule is C/C1=C2/N=C(C=C3N/C(=C(/C)C4=N[C@@](C)([C@@H]5N=C1[C@](C)(CCC(=O)NC[C@H](C)OP(=O)(O)O[C@H]1[C@@H](O)[C@@H](n6cnc7ncncc76)O[C@@H]1CO)[C@H]5CC(N)=O)[C@@](C)(CC(N)=O)[C@@H]4CCC(N)=O)[C@@](C)(CC(N)=O)[C@@H]3CCC(N)=O)C(C)(C)[C@@H]2CCC(N)=O. The number of carbonyl (C=O) groups excluding carboxylic acids is 7. The molecule has 2 fully saturated rings. The summed E-state index contributed by atoms with van der Waals surface area (Å²) in [4.78, 5) is 133. The summed E-state index contributed by atoms with van der Waals surface area (Å²) in [6.45, 7) is 15.3. The Kier molecular flexibility index (Phi) is 19.0. The molecule has 6 aliphatic rings. The van der Waals surface area contributed by atoms with Crippen molar-refractivity contribution < 1.29 is 67.0 Å². The van der Waals surface area contributed by atoms with Crippen LogP contribution in [0.3, 0.4) is 0 Å². The van der Waals surface area contributed by atoms with Gasteiger partial charge in [0.25, 0.3) is 0 Å². The maximum absolute atomic E-state index is 14.3. The molecule has 2 aromatic rings. The van der Waals surface area contributed by atoms with Crippen LogP contribution >= 0.6 is 7.82 Å². The normalized spacial score (nSPS) is 34.1. The highest BCUT2D eigenvalue weighted by atomic mass is 31.2. The molecule has 8 rings (SSSR count). The Balaban J connectivity index is 1.21. The van der Waals surface area contributed by atoms with E-state index in [1.54, 1.807) is 0 Å². The quantitative estimate of drug-likeness (QED) is 0.0592. The zero-order valence-corrected chi connectivity index (χ0v) is 52.0. The maximum Gasteiger partial charge on any atom is 0.472 e.